The Morgan fingerprint density at radius 3 is 1.43 bits per heavy atom. The SMILES string of the molecule is CCCCN.CCCCNCCCC. The molecule has 0 atom stereocenters. The zero-order valence-corrected chi connectivity index (χ0v) is 10.4. The van der Waals surface area contributed by atoms with Gasteiger partial charge < -0.3 is 11.1 Å². The fourth-order valence-corrected chi connectivity index (χ4v) is 0.933. The van der Waals surface area contributed by atoms with Crippen LogP contribution in [0.1, 0.15) is 59.3 Å². The molecular formula is C12H30N2. The predicted octanol–water partition coefficient (Wildman–Crippen LogP) is 2.92. The molecule has 0 rings (SSSR count). The first-order chi connectivity index (χ1) is 6.83. The molecule has 0 bridgehead atoms. The van der Waals surface area contributed by atoms with Crippen LogP contribution in [0.2, 0.25) is 0 Å². The number of nitrogens with two attached hydrogens (primary N) is 1. The van der Waals surface area contributed by atoms with E-state index >= 15 is 0 Å². The molecule has 0 aliphatic heterocycles. The molecule has 0 saturated heterocycles. The van der Waals surface area contributed by atoms with Gasteiger partial charge in [-0.1, -0.05) is 40.0 Å². The van der Waals surface area contributed by atoms with Crippen LogP contribution in [0.4, 0.5) is 0 Å². The molecule has 0 radical (unpaired) electrons. The average molecular weight is 202 g/mol. The first kappa shape index (κ1) is 16.4. The summed E-state index contributed by atoms with van der Waals surface area (Å²) >= 11 is 0. The topological polar surface area (TPSA) is 38.0 Å². The molecule has 0 heterocycles. The third-order valence-electron chi connectivity index (χ3n) is 1.97. The van der Waals surface area contributed by atoms with E-state index in [4.69, 9.17) is 5.73 Å². The Kier molecular flexibility index (Phi) is 21.8. The minimum Gasteiger partial charge on any atom is -0.330 e. The Bertz CT molecular complexity index is 66.7. The van der Waals surface area contributed by atoms with E-state index in [1.54, 1.807) is 0 Å². The summed E-state index contributed by atoms with van der Waals surface area (Å²) in [4.78, 5) is 0. The van der Waals surface area contributed by atoms with Crippen LogP contribution < -0.4 is 11.1 Å². The molecule has 3 N–H and O–H groups in total. The molecule has 0 saturated carbocycles. The standard InChI is InChI=1S/C8H19N.C4H11N/c1-3-5-7-9-8-6-4-2;1-2-3-4-5/h9H,3-8H2,1-2H3;2-5H2,1H3. The van der Waals surface area contributed by atoms with Crippen LogP contribution in [0.5, 0.6) is 0 Å². The van der Waals surface area contributed by atoms with Crippen LogP contribution in [-0.2, 0) is 0 Å². The van der Waals surface area contributed by atoms with Crippen molar-refractivity contribution in [3.63, 3.8) is 0 Å². The van der Waals surface area contributed by atoms with Gasteiger partial charge in [-0.3, -0.25) is 0 Å². The molecule has 2 heteroatoms. The zero-order valence-electron chi connectivity index (χ0n) is 10.4. The second kappa shape index (κ2) is 18.7. The summed E-state index contributed by atoms with van der Waals surface area (Å²) < 4.78 is 0. The molecule has 0 fully saturated rings. The third-order valence-corrected chi connectivity index (χ3v) is 1.97. The van der Waals surface area contributed by atoms with Crippen LogP contribution in [0.25, 0.3) is 0 Å². The summed E-state index contributed by atoms with van der Waals surface area (Å²) in [5.41, 5.74) is 5.14. The number of hydrogen-bond donors (Lipinski definition) is 2. The lowest BCUT2D eigenvalue weighted by Gasteiger charge is -1.99. The highest BCUT2D eigenvalue weighted by Gasteiger charge is 1.83. The Morgan fingerprint density at radius 2 is 1.21 bits per heavy atom. The number of unbranched alkanes of at least 4 members (excludes halogenated alkanes) is 3. The monoisotopic (exact) mass is 202 g/mol. The largest absolute Gasteiger partial charge is 0.330 e. The summed E-state index contributed by atoms with van der Waals surface area (Å²) in [6, 6.07) is 0. The van der Waals surface area contributed by atoms with Gasteiger partial charge in [0.2, 0.25) is 0 Å². The summed E-state index contributed by atoms with van der Waals surface area (Å²) in [5, 5.41) is 3.39. The lowest BCUT2D eigenvalue weighted by molar-refractivity contribution is 0.611. The molecule has 0 aliphatic carbocycles. The number of nitrogens with one attached hydrogen (secondary N) is 1. The van der Waals surface area contributed by atoms with Crippen molar-refractivity contribution in [2.24, 2.45) is 5.73 Å². The van der Waals surface area contributed by atoms with Gasteiger partial charge in [-0.05, 0) is 38.9 Å². The Morgan fingerprint density at radius 1 is 0.786 bits per heavy atom. The van der Waals surface area contributed by atoms with Gasteiger partial charge >= 0.3 is 0 Å². The fraction of sp³-hybridized carbons (Fsp3) is 1.00. The van der Waals surface area contributed by atoms with E-state index in [9.17, 15) is 0 Å². The Labute approximate surface area is 90.6 Å². The molecular weight excluding hydrogens is 172 g/mol. The molecule has 0 aliphatic rings. The lowest BCUT2D eigenvalue weighted by atomic mass is 10.3. The summed E-state index contributed by atoms with van der Waals surface area (Å²) in [5.74, 6) is 0. The highest BCUT2D eigenvalue weighted by Crippen LogP contribution is 1.85. The molecule has 0 unspecified atom stereocenters. The predicted molar refractivity (Wildman–Crippen MR) is 66.6 cm³/mol. The molecule has 0 aromatic heterocycles. The fourth-order valence-electron chi connectivity index (χ4n) is 0.933. The van der Waals surface area contributed by atoms with Crippen LogP contribution >= 0.6 is 0 Å². The molecule has 0 aromatic carbocycles. The molecule has 0 amide bonds. The van der Waals surface area contributed by atoms with Crippen molar-refractivity contribution in [3.8, 4) is 0 Å². The van der Waals surface area contributed by atoms with Crippen molar-refractivity contribution >= 4 is 0 Å². The Hall–Kier alpha value is -0.0800. The number of rotatable bonds is 8. The van der Waals surface area contributed by atoms with E-state index in [0.29, 0.717) is 0 Å². The number of hydrogen-bond acceptors (Lipinski definition) is 2. The third kappa shape index (κ3) is 22.7. The summed E-state index contributed by atoms with van der Waals surface area (Å²) in [6.07, 6.45) is 7.64. The zero-order chi connectivity index (χ0) is 11.1. The summed E-state index contributed by atoms with van der Waals surface area (Å²) in [6.45, 7) is 9.83. The van der Waals surface area contributed by atoms with Gasteiger partial charge in [0.1, 0.15) is 0 Å². The highest BCUT2D eigenvalue weighted by atomic mass is 14.8. The van der Waals surface area contributed by atoms with Crippen molar-refractivity contribution in [3.05, 3.63) is 0 Å². The molecule has 88 valence electrons. The van der Waals surface area contributed by atoms with Gasteiger partial charge in [0.05, 0.1) is 0 Å². The maximum atomic E-state index is 5.14. The minimum atomic E-state index is 0.844. The van der Waals surface area contributed by atoms with Crippen molar-refractivity contribution in [1.82, 2.24) is 5.32 Å². The molecule has 0 spiro atoms. The van der Waals surface area contributed by atoms with E-state index in [0.717, 1.165) is 6.54 Å². The first-order valence-electron chi connectivity index (χ1n) is 6.24. The minimum absolute atomic E-state index is 0.844. The van der Waals surface area contributed by atoms with E-state index in [2.05, 4.69) is 26.1 Å². The second-order valence-electron chi connectivity index (χ2n) is 3.60. The van der Waals surface area contributed by atoms with Gasteiger partial charge in [0.15, 0.2) is 0 Å². The van der Waals surface area contributed by atoms with Gasteiger partial charge in [0.25, 0.3) is 0 Å². The van der Waals surface area contributed by atoms with Crippen molar-refractivity contribution in [2.45, 2.75) is 59.3 Å². The molecule has 14 heavy (non-hydrogen) atoms. The van der Waals surface area contributed by atoms with Crippen LogP contribution in [0.3, 0.4) is 0 Å². The Balaban J connectivity index is 0. The quantitative estimate of drug-likeness (QED) is 0.594. The smallest absolute Gasteiger partial charge is 0.00490 e. The van der Waals surface area contributed by atoms with Gasteiger partial charge in [-0.2, -0.15) is 0 Å². The van der Waals surface area contributed by atoms with Gasteiger partial charge in [0, 0.05) is 0 Å². The normalized spacial score (nSPS) is 9.43. The molecule has 0 aromatic rings. The van der Waals surface area contributed by atoms with E-state index in [1.165, 1.54) is 51.6 Å². The van der Waals surface area contributed by atoms with Crippen LogP contribution in [-0.4, -0.2) is 19.6 Å². The lowest BCUT2D eigenvalue weighted by Crippen LogP contribution is -2.15. The summed E-state index contributed by atoms with van der Waals surface area (Å²) in [7, 11) is 0. The van der Waals surface area contributed by atoms with Gasteiger partial charge in [-0.25, -0.2) is 0 Å². The first-order valence-corrected chi connectivity index (χ1v) is 6.24. The maximum Gasteiger partial charge on any atom is -0.00490 e. The van der Waals surface area contributed by atoms with Crippen molar-refractivity contribution in [2.75, 3.05) is 19.6 Å². The van der Waals surface area contributed by atoms with Gasteiger partial charge in [-0.15, -0.1) is 0 Å². The molecule has 2 nitrogen and oxygen atoms in total. The van der Waals surface area contributed by atoms with E-state index < -0.39 is 0 Å². The second-order valence-corrected chi connectivity index (χ2v) is 3.60. The van der Waals surface area contributed by atoms with Crippen LogP contribution in [0, 0.1) is 0 Å². The van der Waals surface area contributed by atoms with Crippen molar-refractivity contribution in [1.29, 1.82) is 0 Å². The van der Waals surface area contributed by atoms with Crippen LogP contribution in [0.15, 0.2) is 0 Å². The van der Waals surface area contributed by atoms with E-state index in [1.807, 2.05) is 0 Å². The van der Waals surface area contributed by atoms with E-state index in [-0.39, 0.29) is 0 Å². The van der Waals surface area contributed by atoms with Crippen molar-refractivity contribution < 1.29 is 0 Å². The average Bonchev–Trinajstić information content (AvgIpc) is 2.20. The highest BCUT2D eigenvalue weighted by molar-refractivity contribution is 4.45. The maximum absolute atomic E-state index is 5.14.